The topological polar surface area (TPSA) is 35.6 Å². The summed E-state index contributed by atoms with van der Waals surface area (Å²) in [6.45, 7) is 0. The summed E-state index contributed by atoms with van der Waals surface area (Å²) in [6, 6.07) is 118. The van der Waals surface area contributed by atoms with Gasteiger partial charge in [0.15, 0.2) is 0 Å². The number of aromatic nitrogens is 4. The molecule has 4 heterocycles. The number of benzene rings is 15. The summed E-state index contributed by atoms with van der Waals surface area (Å²) in [6.07, 6.45) is 1.95. The van der Waals surface area contributed by atoms with Gasteiger partial charge < -0.3 is 0 Å². The van der Waals surface area contributed by atoms with E-state index < -0.39 is 0 Å². The minimum absolute atomic E-state index is 0.881. The number of nitrogens with zero attached hydrogens (tertiary/aromatic N) is 4. The van der Waals surface area contributed by atoms with E-state index in [1.54, 1.807) is 0 Å². The predicted octanol–water partition coefficient (Wildman–Crippen LogP) is 23.6. The third-order valence-electron chi connectivity index (χ3n) is 19.3. The molecule has 0 aliphatic heterocycles. The van der Waals surface area contributed by atoms with Gasteiger partial charge in [0.25, 0.3) is 0 Å². The van der Waals surface area contributed by atoms with Gasteiger partial charge in [0, 0.05) is 33.3 Å². The molecule has 0 saturated heterocycles. The van der Waals surface area contributed by atoms with Gasteiger partial charge >= 0.3 is 0 Å². The van der Waals surface area contributed by atoms with Crippen LogP contribution in [0.15, 0.2) is 328 Å². The van der Waals surface area contributed by atoms with Crippen molar-refractivity contribution in [1.29, 1.82) is 0 Å². The second-order valence-corrected chi connectivity index (χ2v) is 24.4. The van der Waals surface area contributed by atoms with Crippen LogP contribution in [0.5, 0.6) is 0 Å². The summed E-state index contributed by atoms with van der Waals surface area (Å²) in [5, 5.41) is 20.0. The number of pyridine rings is 2. The molecule has 0 fully saturated rings. The minimum atomic E-state index is 0.881. The van der Waals surface area contributed by atoms with Crippen molar-refractivity contribution in [2.45, 2.75) is 0 Å². The summed E-state index contributed by atoms with van der Waals surface area (Å²) < 4.78 is 4.62. The van der Waals surface area contributed by atoms with Crippen LogP contribution in [0.3, 0.4) is 0 Å². The molecule has 0 aliphatic rings. The molecule has 4 aromatic heterocycles. The summed E-state index contributed by atoms with van der Waals surface area (Å²) >= 11 is 0. The molecule has 0 atom stereocenters. The first-order valence-corrected chi connectivity index (χ1v) is 31.6. The van der Waals surface area contributed by atoms with Crippen LogP contribution in [0.4, 0.5) is 0 Å². The van der Waals surface area contributed by atoms with Gasteiger partial charge in [0.2, 0.25) is 0 Å². The molecule has 0 spiro atoms. The molecule has 0 N–H and O–H groups in total. The molecule has 4 nitrogen and oxygen atoms in total. The van der Waals surface area contributed by atoms with Crippen LogP contribution in [0.1, 0.15) is 0 Å². The SMILES string of the molecule is c1cc(-c2cccc(-c3cccc(-n4c5ccccc5c5ccccc54)n3)c2)cc(-c2ccc3c4ccccc4c4c(-c5ccc6c(c5)c5ccccc5n6-c5cc(-c6ccc(-c7ccc8c9ccccc9c9ccccc9c8c7)cc6)ccn5)cccc4c3c2)c1. The molecule has 19 rings (SSSR count). The normalized spacial score (nSPS) is 11.9. The monoisotopic (exact) mass is 1170 g/mol. The molecule has 0 aliphatic carbocycles. The van der Waals surface area contributed by atoms with Gasteiger partial charge in [-0.15, -0.1) is 0 Å². The number of rotatable bonds is 8. The quantitative estimate of drug-likeness (QED) is 0.142. The van der Waals surface area contributed by atoms with Crippen molar-refractivity contribution < 1.29 is 0 Å². The van der Waals surface area contributed by atoms with Gasteiger partial charge in [0.1, 0.15) is 11.6 Å². The van der Waals surface area contributed by atoms with E-state index in [4.69, 9.17) is 9.97 Å². The van der Waals surface area contributed by atoms with Crippen LogP contribution in [0.25, 0.3) is 187 Å². The molecular formula is C88H54N4. The van der Waals surface area contributed by atoms with E-state index in [0.717, 1.165) is 67.2 Å². The van der Waals surface area contributed by atoms with Gasteiger partial charge in [-0.1, -0.05) is 243 Å². The Morgan fingerprint density at radius 2 is 0.565 bits per heavy atom. The fourth-order valence-corrected chi connectivity index (χ4v) is 15.1. The smallest absolute Gasteiger partial charge is 0.138 e. The van der Waals surface area contributed by atoms with Crippen LogP contribution in [0, 0.1) is 0 Å². The van der Waals surface area contributed by atoms with Gasteiger partial charge in [-0.3, -0.25) is 9.13 Å². The summed E-state index contributed by atoms with van der Waals surface area (Å²) in [5.41, 5.74) is 18.2. The number of para-hydroxylation sites is 3. The number of fused-ring (bicyclic) bond motifs is 18. The number of hydrogen-bond donors (Lipinski definition) is 0. The van der Waals surface area contributed by atoms with Crippen molar-refractivity contribution in [2.75, 3.05) is 0 Å². The van der Waals surface area contributed by atoms with Crippen LogP contribution >= 0.6 is 0 Å². The van der Waals surface area contributed by atoms with Crippen molar-refractivity contribution in [3.8, 4) is 78.5 Å². The zero-order valence-corrected chi connectivity index (χ0v) is 50.0. The molecule has 92 heavy (non-hydrogen) atoms. The predicted molar refractivity (Wildman–Crippen MR) is 388 cm³/mol. The van der Waals surface area contributed by atoms with E-state index in [0.29, 0.717) is 0 Å². The second-order valence-electron chi connectivity index (χ2n) is 24.4. The maximum absolute atomic E-state index is 5.32. The Hall–Kier alpha value is -12.2. The molecular weight excluding hydrogens is 1110 g/mol. The first-order valence-electron chi connectivity index (χ1n) is 31.6. The van der Waals surface area contributed by atoms with Gasteiger partial charge in [0.05, 0.1) is 27.8 Å². The van der Waals surface area contributed by atoms with Gasteiger partial charge in [-0.2, -0.15) is 0 Å². The van der Waals surface area contributed by atoms with Crippen LogP contribution in [0.2, 0.25) is 0 Å². The number of hydrogen-bond acceptors (Lipinski definition) is 2. The molecule has 426 valence electrons. The second kappa shape index (κ2) is 20.7. The highest BCUT2D eigenvalue weighted by molar-refractivity contribution is 6.29. The summed E-state index contributed by atoms with van der Waals surface area (Å²) in [7, 11) is 0. The van der Waals surface area contributed by atoms with E-state index in [-0.39, 0.29) is 0 Å². The molecule has 0 unspecified atom stereocenters. The molecule has 0 amide bonds. The van der Waals surface area contributed by atoms with Crippen LogP contribution in [-0.4, -0.2) is 19.1 Å². The fraction of sp³-hybridized carbons (Fsp3) is 0. The maximum atomic E-state index is 5.32. The Morgan fingerprint density at radius 1 is 0.196 bits per heavy atom. The molecule has 19 aromatic rings. The van der Waals surface area contributed by atoms with E-state index in [2.05, 4.69) is 331 Å². The average Bonchev–Trinajstić information content (AvgIpc) is 0.950. The Bertz CT molecular complexity index is 6170. The van der Waals surface area contributed by atoms with Gasteiger partial charge in [-0.25, -0.2) is 9.97 Å². The zero-order valence-electron chi connectivity index (χ0n) is 50.0. The lowest BCUT2D eigenvalue weighted by molar-refractivity contribution is 1.08. The maximum Gasteiger partial charge on any atom is 0.138 e. The summed E-state index contributed by atoms with van der Waals surface area (Å²) in [5.74, 6) is 1.78. The first-order chi connectivity index (χ1) is 45.6. The highest BCUT2D eigenvalue weighted by Crippen LogP contribution is 2.45. The van der Waals surface area contributed by atoms with Crippen molar-refractivity contribution in [3.63, 3.8) is 0 Å². The van der Waals surface area contributed by atoms with E-state index in [9.17, 15) is 0 Å². The molecule has 0 bridgehead atoms. The minimum Gasteiger partial charge on any atom is -0.294 e. The Labute approximate surface area is 530 Å². The van der Waals surface area contributed by atoms with Crippen molar-refractivity contribution in [1.82, 2.24) is 19.1 Å². The third kappa shape index (κ3) is 8.17. The van der Waals surface area contributed by atoms with E-state index in [1.165, 1.54) is 120 Å². The molecule has 0 radical (unpaired) electrons. The lowest BCUT2D eigenvalue weighted by atomic mass is 9.88. The van der Waals surface area contributed by atoms with Crippen LogP contribution in [-0.2, 0) is 0 Å². The lowest BCUT2D eigenvalue weighted by Crippen LogP contribution is -1.98. The lowest BCUT2D eigenvalue weighted by Gasteiger charge is -2.16. The molecule has 0 saturated carbocycles. The Balaban J connectivity index is 0.663. The third-order valence-corrected chi connectivity index (χ3v) is 19.3. The standard InChI is InChI=1S/C88H54N4/c1-2-23-68-66(21-1)67-22-3-4-25-70(67)78-51-60(41-44-71(68)78)55-37-39-56(40-38-55)62-47-48-89-87(54-62)92-84-35-12-9-28-75(84)80-53-63(43-46-85(80)92)65-30-15-31-77-79-52-61(42-45-72(79)69-24-5-6-29-76(69)88(65)77)58-18-13-17-57(49-58)59-19-14-20-64(50-59)81-32-16-36-86(90-81)91-82-33-10-7-26-73(82)74-27-8-11-34-83(74)91/h1-54H. The molecule has 15 aromatic carbocycles. The zero-order chi connectivity index (χ0) is 60.4. The van der Waals surface area contributed by atoms with E-state index >= 15 is 0 Å². The van der Waals surface area contributed by atoms with Crippen LogP contribution < -0.4 is 0 Å². The Morgan fingerprint density at radius 3 is 1.17 bits per heavy atom. The molecule has 4 heteroatoms. The van der Waals surface area contributed by atoms with Crippen molar-refractivity contribution >= 4 is 108 Å². The van der Waals surface area contributed by atoms with Crippen molar-refractivity contribution in [3.05, 3.63) is 328 Å². The Kier molecular flexibility index (Phi) is 11.6. The highest BCUT2D eigenvalue weighted by Gasteiger charge is 2.20. The highest BCUT2D eigenvalue weighted by atomic mass is 15.1. The largest absolute Gasteiger partial charge is 0.294 e. The summed E-state index contributed by atoms with van der Waals surface area (Å²) in [4.78, 5) is 10.4. The first kappa shape index (κ1) is 51.8. The van der Waals surface area contributed by atoms with E-state index in [1.807, 2.05) is 6.20 Å². The van der Waals surface area contributed by atoms with Gasteiger partial charge in [-0.05, 0) is 199 Å². The average molecular weight is 1170 g/mol. The fourth-order valence-electron chi connectivity index (χ4n) is 15.1. The van der Waals surface area contributed by atoms with Crippen molar-refractivity contribution in [2.24, 2.45) is 0 Å².